The van der Waals surface area contributed by atoms with Crippen LogP contribution in [0.2, 0.25) is 0 Å². The maximum atomic E-state index is 12.2. The third-order valence-electron chi connectivity index (χ3n) is 3.66. The molecule has 0 aliphatic carbocycles. The smallest absolute Gasteiger partial charge is 0.273 e. The standard InChI is InChI=1S/C18H15N5O5/c1-2-25-15-6-5-11(9-19-15)17-21-16(28-23-17)10-20-18(24)12-8-14(27-22-12)13-4-3-7-26-13/h3-9H,2,10H2,1H3,(H,20,24). The second-order valence-corrected chi connectivity index (χ2v) is 5.57. The molecule has 0 radical (unpaired) electrons. The summed E-state index contributed by atoms with van der Waals surface area (Å²) in [4.78, 5) is 20.6. The lowest BCUT2D eigenvalue weighted by atomic mass is 10.3. The van der Waals surface area contributed by atoms with E-state index >= 15 is 0 Å². The maximum absolute atomic E-state index is 12.2. The van der Waals surface area contributed by atoms with E-state index in [1.165, 1.54) is 12.3 Å². The fourth-order valence-electron chi connectivity index (χ4n) is 2.35. The zero-order chi connectivity index (χ0) is 19.3. The first kappa shape index (κ1) is 17.5. The van der Waals surface area contributed by atoms with Crippen molar-refractivity contribution in [2.24, 2.45) is 0 Å². The molecule has 4 heterocycles. The van der Waals surface area contributed by atoms with Gasteiger partial charge in [0.05, 0.1) is 19.4 Å². The average molecular weight is 381 g/mol. The van der Waals surface area contributed by atoms with Gasteiger partial charge in [-0.05, 0) is 25.1 Å². The number of carbonyl (C=O) groups excluding carboxylic acids is 1. The number of pyridine rings is 1. The Morgan fingerprint density at radius 1 is 1.18 bits per heavy atom. The normalized spacial score (nSPS) is 10.8. The van der Waals surface area contributed by atoms with Crippen molar-refractivity contribution in [1.29, 1.82) is 0 Å². The molecule has 0 unspecified atom stereocenters. The lowest BCUT2D eigenvalue weighted by Crippen LogP contribution is -2.23. The van der Waals surface area contributed by atoms with Gasteiger partial charge in [0.25, 0.3) is 5.91 Å². The molecule has 10 heteroatoms. The number of ether oxygens (including phenoxy) is 1. The number of hydrogen-bond acceptors (Lipinski definition) is 9. The number of nitrogens with zero attached hydrogens (tertiary/aromatic N) is 4. The number of rotatable bonds is 7. The molecule has 0 aromatic carbocycles. The quantitative estimate of drug-likeness (QED) is 0.513. The summed E-state index contributed by atoms with van der Waals surface area (Å²) in [7, 11) is 0. The molecule has 4 aromatic heterocycles. The summed E-state index contributed by atoms with van der Waals surface area (Å²) in [5, 5.41) is 10.3. The van der Waals surface area contributed by atoms with E-state index in [0.717, 1.165) is 0 Å². The molecule has 10 nitrogen and oxygen atoms in total. The van der Waals surface area contributed by atoms with Crippen molar-refractivity contribution in [1.82, 2.24) is 25.6 Å². The molecule has 28 heavy (non-hydrogen) atoms. The van der Waals surface area contributed by atoms with Crippen LogP contribution in [0.4, 0.5) is 0 Å². The number of carbonyl (C=O) groups is 1. The molecule has 142 valence electrons. The summed E-state index contributed by atoms with van der Waals surface area (Å²) < 4.78 is 20.7. The highest BCUT2D eigenvalue weighted by Gasteiger charge is 2.16. The Labute approximate surface area is 158 Å². The van der Waals surface area contributed by atoms with Crippen LogP contribution in [0.25, 0.3) is 22.9 Å². The molecule has 0 saturated heterocycles. The molecule has 0 bridgehead atoms. The molecule has 0 fully saturated rings. The van der Waals surface area contributed by atoms with Gasteiger partial charge < -0.3 is 23.5 Å². The van der Waals surface area contributed by atoms with E-state index in [0.29, 0.717) is 35.4 Å². The Bertz CT molecular complexity index is 1050. The molecule has 0 aliphatic rings. The highest BCUT2D eigenvalue weighted by Crippen LogP contribution is 2.20. The van der Waals surface area contributed by atoms with Crippen molar-refractivity contribution >= 4 is 5.91 Å². The van der Waals surface area contributed by atoms with E-state index in [9.17, 15) is 4.79 Å². The Morgan fingerprint density at radius 2 is 2.11 bits per heavy atom. The van der Waals surface area contributed by atoms with Crippen LogP contribution in [0.1, 0.15) is 23.3 Å². The number of amides is 1. The molecule has 0 spiro atoms. The van der Waals surface area contributed by atoms with Gasteiger partial charge in [0.2, 0.25) is 23.4 Å². The van der Waals surface area contributed by atoms with E-state index in [-0.39, 0.29) is 18.1 Å². The summed E-state index contributed by atoms with van der Waals surface area (Å²) in [5.41, 5.74) is 0.784. The minimum absolute atomic E-state index is 0.0409. The molecule has 1 amide bonds. The fraction of sp³-hybridized carbons (Fsp3) is 0.167. The minimum atomic E-state index is -0.441. The van der Waals surface area contributed by atoms with Crippen LogP contribution < -0.4 is 10.1 Å². The van der Waals surface area contributed by atoms with Crippen molar-refractivity contribution < 1.29 is 23.0 Å². The van der Waals surface area contributed by atoms with E-state index in [1.807, 2.05) is 6.92 Å². The van der Waals surface area contributed by atoms with E-state index in [1.54, 1.807) is 30.5 Å². The minimum Gasteiger partial charge on any atom is -0.478 e. The van der Waals surface area contributed by atoms with Crippen LogP contribution in [0.15, 0.2) is 56.3 Å². The van der Waals surface area contributed by atoms with E-state index < -0.39 is 5.91 Å². The highest BCUT2D eigenvalue weighted by molar-refractivity contribution is 5.92. The van der Waals surface area contributed by atoms with Crippen LogP contribution in [0.3, 0.4) is 0 Å². The predicted molar refractivity (Wildman–Crippen MR) is 94.1 cm³/mol. The third-order valence-corrected chi connectivity index (χ3v) is 3.66. The van der Waals surface area contributed by atoms with Crippen molar-refractivity contribution in [2.45, 2.75) is 13.5 Å². The van der Waals surface area contributed by atoms with Gasteiger partial charge in [-0.15, -0.1) is 0 Å². The second kappa shape index (κ2) is 7.74. The van der Waals surface area contributed by atoms with Crippen molar-refractivity contribution in [3.63, 3.8) is 0 Å². The summed E-state index contributed by atoms with van der Waals surface area (Å²) in [6.45, 7) is 2.46. The first-order chi connectivity index (χ1) is 13.7. The van der Waals surface area contributed by atoms with Crippen LogP contribution in [-0.2, 0) is 6.54 Å². The van der Waals surface area contributed by atoms with Gasteiger partial charge in [-0.2, -0.15) is 4.98 Å². The molecule has 4 aromatic rings. The molecular weight excluding hydrogens is 366 g/mol. The van der Waals surface area contributed by atoms with Gasteiger partial charge in [0.1, 0.15) is 0 Å². The molecule has 1 N–H and O–H groups in total. The highest BCUT2D eigenvalue weighted by atomic mass is 16.5. The third kappa shape index (κ3) is 3.75. The number of furan rings is 1. The molecular formula is C18H15N5O5. The first-order valence-corrected chi connectivity index (χ1v) is 8.43. The zero-order valence-corrected chi connectivity index (χ0v) is 14.8. The summed E-state index contributed by atoms with van der Waals surface area (Å²) >= 11 is 0. The Hall–Kier alpha value is -3.95. The SMILES string of the molecule is CCOc1ccc(-c2noc(CNC(=O)c3cc(-c4ccco4)on3)n2)cn1. The monoisotopic (exact) mass is 381 g/mol. The largest absolute Gasteiger partial charge is 0.478 e. The Kier molecular flexibility index (Phi) is 4.83. The fourth-order valence-corrected chi connectivity index (χ4v) is 2.35. The van der Waals surface area contributed by atoms with Crippen LogP contribution in [0, 0.1) is 0 Å². The van der Waals surface area contributed by atoms with Gasteiger partial charge in [0, 0.05) is 23.9 Å². The Balaban J connectivity index is 1.37. The molecule has 4 rings (SSSR count). The lowest BCUT2D eigenvalue weighted by molar-refractivity contribution is 0.0937. The van der Waals surface area contributed by atoms with Gasteiger partial charge >= 0.3 is 0 Å². The number of aromatic nitrogens is 4. The molecule has 0 atom stereocenters. The lowest BCUT2D eigenvalue weighted by Gasteiger charge is -2.00. The van der Waals surface area contributed by atoms with Gasteiger partial charge in [-0.3, -0.25) is 4.79 Å². The predicted octanol–water partition coefficient (Wildman–Crippen LogP) is 2.71. The van der Waals surface area contributed by atoms with Gasteiger partial charge in [0.15, 0.2) is 11.5 Å². The summed E-state index contributed by atoms with van der Waals surface area (Å²) in [6, 6.07) is 8.40. The maximum Gasteiger partial charge on any atom is 0.273 e. The van der Waals surface area contributed by atoms with Crippen LogP contribution >= 0.6 is 0 Å². The molecule has 0 saturated carbocycles. The number of hydrogen-bond donors (Lipinski definition) is 1. The van der Waals surface area contributed by atoms with Gasteiger partial charge in [-0.1, -0.05) is 10.3 Å². The van der Waals surface area contributed by atoms with Gasteiger partial charge in [-0.25, -0.2) is 4.98 Å². The van der Waals surface area contributed by atoms with Crippen molar-refractivity contribution in [3.8, 4) is 28.8 Å². The summed E-state index contributed by atoms with van der Waals surface area (Å²) in [6.07, 6.45) is 3.09. The summed E-state index contributed by atoms with van der Waals surface area (Å²) in [5.74, 6) is 1.52. The second-order valence-electron chi connectivity index (χ2n) is 5.57. The zero-order valence-electron chi connectivity index (χ0n) is 14.8. The van der Waals surface area contributed by atoms with Crippen molar-refractivity contribution in [2.75, 3.05) is 6.61 Å². The van der Waals surface area contributed by atoms with Crippen LogP contribution in [-0.4, -0.2) is 32.8 Å². The number of nitrogens with one attached hydrogen (secondary N) is 1. The topological polar surface area (TPSA) is 129 Å². The van der Waals surface area contributed by atoms with E-state index in [2.05, 4.69) is 25.6 Å². The van der Waals surface area contributed by atoms with E-state index in [4.69, 9.17) is 18.2 Å². The first-order valence-electron chi connectivity index (χ1n) is 8.43. The average Bonchev–Trinajstić information content (AvgIpc) is 3.48. The Morgan fingerprint density at radius 3 is 2.86 bits per heavy atom. The molecule has 0 aliphatic heterocycles. The van der Waals surface area contributed by atoms with Crippen molar-refractivity contribution in [3.05, 3.63) is 54.4 Å². The van der Waals surface area contributed by atoms with Crippen LogP contribution in [0.5, 0.6) is 5.88 Å².